The summed E-state index contributed by atoms with van der Waals surface area (Å²) in [5, 5.41) is 3.54. The van der Waals surface area contributed by atoms with Gasteiger partial charge in [0, 0.05) is 25.7 Å². The number of nitrogens with one attached hydrogen (secondary N) is 1. The van der Waals surface area contributed by atoms with Crippen molar-refractivity contribution >= 4 is 0 Å². The molecule has 1 heterocycles. The number of rotatable bonds is 1. The van der Waals surface area contributed by atoms with Gasteiger partial charge in [-0.2, -0.15) is 0 Å². The molecule has 1 saturated heterocycles. The SMILES string of the molecule is CC1CNCCN(C2CCCC2(C)C)C1. The third kappa shape index (κ3) is 2.54. The second kappa shape index (κ2) is 4.42. The molecule has 1 aliphatic heterocycles. The zero-order valence-corrected chi connectivity index (χ0v) is 10.6. The van der Waals surface area contributed by atoms with Crippen LogP contribution in [-0.4, -0.2) is 37.1 Å². The largest absolute Gasteiger partial charge is 0.315 e. The molecule has 2 atom stereocenters. The Hall–Kier alpha value is -0.0800. The van der Waals surface area contributed by atoms with Gasteiger partial charge in [-0.15, -0.1) is 0 Å². The van der Waals surface area contributed by atoms with Gasteiger partial charge in [0.1, 0.15) is 0 Å². The standard InChI is InChI=1S/C13H26N2/c1-11-9-14-7-8-15(10-11)12-5-4-6-13(12,2)3/h11-12,14H,4-10H2,1-3H3. The van der Waals surface area contributed by atoms with Crippen LogP contribution in [0.5, 0.6) is 0 Å². The van der Waals surface area contributed by atoms with Crippen molar-refractivity contribution in [3.05, 3.63) is 0 Å². The average Bonchev–Trinajstić information content (AvgIpc) is 2.38. The van der Waals surface area contributed by atoms with Gasteiger partial charge in [-0.1, -0.05) is 27.2 Å². The maximum absolute atomic E-state index is 3.54. The summed E-state index contributed by atoms with van der Waals surface area (Å²) < 4.78 is 0. The topological polar surface area (TPSA) is 15.3 Å². The van der Waals surface area contributed by atoms with Crippen LogP contribution in [0.1, 0.15) is 40.0 Å². The van der Waals surface area contributed by atoms with E-state index in [1.54, 1.807) is 0 Å². The van der Waals surface area contributed by atoms with E-state index in [2.05, 4.69) is 31.0 Å². The van der Waals surface area contributed by atoms with E-state index in [4.69, 9.17) is 0 Å². The molecule has 2 fully saturated rings. The third-order valence-electron chi connectivity index (χ3n) is 4.26. The molecule has 1 aliphatic carbocycles. The molecule has 0 spiro atoms. The zero-order chi connectivity index (χ0) is 10.9. The second-order valence-corrected chi connectivity index (χ2v) is 6.20. The molecule has 0 amide bonds. The predicted octanol–water partition coefficient (Wildman–Crippen LogP) is 2.11. The molecule has 0 aromatic heterocycles. The molecule has 88 valence electrons. The van der Waals surface area contributed by atoms with Crippen molar-refractivity contribution in [1.29, 1.82) is 0 Å². The Morgan fingerprint density at radius 2 is 2.13 bits per heavy atom. The molecule has 0 bridgehead atoms. The van der Waals surface area contributed by atoms with Gasteiger partial charge in [0.05, 0.1) is 0 Å². The average molecular weight is 210 g/mol. The third-order valence-corrected chi connectivity index (χ3v) is 4.26. The minimum Gasteiger partial charge on any atom is -0.315 e. The van der Waals surface area contributed by atoms with Crippen molar-refractivity contribution in [3.8, 4) is 0 Å². The van der Waals surface area contributed by atoms with Gasteiger partial charge >= 0.3 is 0 Å². The molecule has 2 unspecified atom stereocenters. The van der Waals surface area contributed by atoms with Crippen molar-refractivity contribution in [2.45, 2.75) is 46.1 Å². The van der Waals surface area contributed by atoms with Crippen molar-refractivity contribution in [3.63, 3.8) is 0 Å². The van der Waals surface area contributed by atoms with Crippen molar-refractivity contribution in [2.24, 2.45) is 11.3 Å². The molecule has 2 heteroatoms. The molecule has 0 aromatic carbocycles. The maximum atomic E-state index is 3.54. The highest BCUT2D eigenvalue weighted by Crippen LogP contribution is 2.40. The Bertz CT molecular complexity index is 213. The Morgan fingerprint density at radius 3 is 2.80 bits per heavy atom. The molecule has 1 N–H and O–H groups in total. The highest BCUT2D eigenvalue weighted by atomic mass is 15.2. The normalized spacial score (nSPS) is 37.8. The summed E-state index contributed by atoms with van der Waals surface area (Å²) in [4.78, 5) is 2.75. The van der Waals surface area contributed by atoms with Crippen molar-refractivity contribution in [1.82, 2.24) is 10.2 Å². The lowest BCUT2D eigenvalue weighted by Crippen LogP contribution is -2.44. The summed E-state index contributed by atoms with van der Waals surface area (Å²) >= 11 is 0. The van der Waals surface area contributed by atoms with Crippen molar-refractivity contribution < 1.29 is 0 Å². The van der Waals surface area contributed by atoms with E-state index in [9.17, 15) is 0 Å². The molecule has 2 rings (SSSR count). The Balaban J connectivity index is 2.02. The van der Waals surface area contributed by atoms with Crippen LogP contribution in [0, 0.1) is 11.3 Å². The van der Waals surface area contributed by atoms with E-state index in [0.717, 1.165) is 12.0 Å². The van der Waals surface area contributed by atoms with Crippen LogP contribution >= 0.6 is 0 Å². The van der Waals surface area contributed by atoms with Crippen LogP contribution in [0.25, 0.3) is 0 Å². The molecular weight excluding hydrogens is 184 g/mol. The Kier molecular flexibility index (Phi) is 3.36. The van der Waals surface area contributed by atoms with Gasteiger partial charge in [0.2, 0.25) is 0 Å². The van der Waals surface area contributed by atoms with E-state index in [0.29, 0.717) is 5.41 Å². The van der Waals surface area contributed by atoms with Gasteiger partial charge < -0.3 is 5.32 Å². The first-order chi connectivity index (χ1) is 7.09. The summed E-state index contributed by atoms with van der Waals surface area (Å²) in [6.45, 7) is 12.2. The van der Waals surface area contributed by atoms with E-state index in [1.807, 2.05) is 0 Å². The summed E-state index contributed by atoms with van der Waals surface area (Å²) in [5.74, 6) is 0.809. The van der Waals surface area contributed by atoms with Crippen LogP contribution in [0.4, 0.5) is 0 Å². The van der Waals surface area contributed by atoms with Crippen LogP contribution in [0.15, 0.2) is 0 Å². The smallest absolute Gasteiger partial charge is 0.0147 e. The molecule has 1 saturated carbocycles. The summed E-state index contributed by atoms with van der Waals surface area (Å²) in [5.41, 5.74) is 0.546. The summed E-state index contributed by atoms with van der Waals surface area (Å²) in [6, 6.07) is 0.833. The van der Waals surface area contributed by atoms with Gasteiger partial charge in [-0.05, 0) is 30.7 Å². The fourth-order valence-electron chi connectivity index (χ4n) is 3.40. The quantitative estimate of drug-likeness (QED) is 0.713. The van der Waals surface area contributed by atoms with Crippen LogP contribution in [-0.2, 0) is 0 Å². The first kappa shape index (κ1) is 11.4. The van der Waals surface area contributed by atoms with Crippen LogP contribution < -0.4 is 5.32 Å². The minimum atomic E-state index is 0.546. The number of hydrogen-bond acceptors (Lipinski definition) is 2. The lowest BCUT2D eigenvalue weighted by molar-refractivity contribution is 0.109. The molecule has 2 nitrogen and oxygen atoms in total. The van der Waals surface area contributed by atoms with E-state index >= 15 is 0 Å². The fraction of sp³-hybridized carbons (Fsp3) is 1.00. The van der Waals surface area contributed by atoms with E-state index in [1.165, 1.54) is 45.4 Å². The Morgan fingerprint density at radius 1 is 1.33 bits per heavy atom. The van der Waals surface area contributed by atoms with Gasteiger partial charge in [0.15, 0.2) is 0 Å². The lowest BCUT2D eigenvalue weighted by atomic mass is 9.86. The molecule has 0 aromatic rings. The van der Waals surface area contributed by atoms with Crippen molar-refractivity contribution in [2.75, 3.05) is 26.2 Å². The summed E-state index contributed by atoms with van der Waals surface area (Å²) in [6.07, 6.45) is 4.26. The number of hydrogen-bond donors (Lipinski definition) is 1. The first-order valence-corrected chi connectivity index (χ1v) is 6.54. The zero-order valence-electron chi connectivity index (χ0n) is 10.6. The highest BCUT2D eigenvalue weighted by Gasteiger charge is 2.38. The Labute approximate surface area is 94.4 Å². The van der Waals surface area contributed by atoms with Crippen LogP contribution in [0.3, 0.4) is 0 Å². The van der Waals surface area contributed by atoms with E-state index < -0.39 is 0 Å². The molecule has 15 heavy (non-hydrogen) atoms. The molecule has 2 aliphatic rings. The van der Waals surface area contributed by atoms with Crippen LogP contribution in [0.2, 0.25) is 0 Å². The monoisotopic (exact) mass is 210 g/mol. The van der Waals surface area contributed by atoms with Gasteiger partial charge in [-0.25, -0.2) is 0 Å². The van der Waals surface area contributed by atoms with E-state index in [-0.39, 0.29) is 0 Å². The number of nitrogens with zero attached hydrogens (tertiary/aromatic N) is 1. The molecule has 0 radical (unpaired) electrons. The summed E-state index contributed by atoms with van der Waals surface area (Å²) in [7, 11) is 0. The lowest BCUT2D eigenvalue weighted by Gasteiger charge is -2.37. The highest BCUT2D eigenvalue weighted by molar-refractivity contribution is 4.93. The van der Waals surface area contributed by atoms with Gasteiger partial charge in [0.25, 0.3) is 0 Å². The maximum Gasteiger partial charge on any atom is 0.0147 e. The second-order valence-electron chi connectivity index (χ2n) is 6.20. The minimum absolute atomic E-state index is 0.546. The predicted molar refractivity (Wildman–Crippen MR) is 65.0 cm³/mol. The fourth-order valence-corrected chi connectivity index (χ4v) is 3.40. The van der Waals surface area contributed by atoms with Gasteiger partial charge in [-0.3, -0.25) is 4.90 Å². The first-order valence-electron chi connectivity index (χ1n) is 6.54. The molecular formula is C13H26N2.